The van der Waals surface area contributed by atoms with Gasteiger partial charge in [0.1, 0.15) is 11.5 Å². The lowest BCUT2D eigenvalue weighted by Crippen LogP contribution is -2.35. The Bertz CT molecular complexity index is 1620. The third-order valence-electron chi connectivity index (χ3n) is 8.30. The number of hydrogen-bond acceptors (Lipinski definition) is 5. The van der Waals surface area contributed by atoms with Gasteiger partial charge in [0.2, 0.25) is 0 Å². The van der Waals surface area contributed by atoms with Crippen LogP contribution in [0.4, 0.5) is 10.1 Å². The number of aromatic nitrogens is 3. The maximum absolute atomic E-state index is 15.3. The van der Waals surface area contributed by atoms with Crippen LogP contribution < -0.4 is 10.2 Å². The lowest BCUT2D eigenvalue weighted by molar-refractivity contribution is 0.0949. The van der Waals surface area contributed by atoms with Crippen LogP contribution in [0.15, 0.2) is 60.7 Å². The van der Waals surface area contributed by atoms with Gasteiger partial charge >= 0.3 is 0 Å². The molecule has 1 aliphatic carbocycles. The van der Waals surface area contributed by atoms with Crippen LogP contribution in [0.1, 0.15) is 72.8 Å². The van der Waals surface area contributed by atoms with Crippen molar-refractivity contribution in [3.8, 4) is 11.3 Å². The zero-order chi connectivity index (χ0) is 28.5. The van der Waals surface area contributed by atoms with Gasteiger partial charge in [-0.2, -0.15) is 5.10 Å². The number of fused-ring (bicyclic) bond motifs is 1. The second-order valence-electron chi connectivity index (χ2n) is 11.2. The Balaban J connectivity index is 1.22. The first-order valence-electron chi connectivity index (χ1n) is 14.5. The van der Waals surface area contributed by atoms with E-state index in [1.165, 1.54) is 16.7 Å². The van der Waals surface area contributed by atoms with Crippen LogP contribution in [0.25, 0.3) is 22.5 Å². The van der Waals surface area contributed by atoms with Gasteiger partial charge in [-0.3, -0.25) is 4.79 Å². The summed E-state index contributed by atoms with van der Waals surface area (Å²) in [6.07, 6.45) is 5.96. The highest BCUT2D eigenvalue weighted by atomic mass is 19.1. The van der Waals surface area contributed by atoms with Crippen molar-refractivity contribution in [3.05, 3.63) is 89.0 Å². The van der Waals surface area contributed by atoms with Crippen molar-refractivity contribution in [2.45, 2.75) is 58.0 Å². The third-order valence-corrected chi connectivity index (χ3v) is 8.30. The van der Waals surface area contributed by atoms with Gasteiger partial charge in [0.15, 0.2) is 5.65 Å². The zero-order valence-electron chi connectivity index (χ0n) is 23.6. The average molecular weight is 554 g/mol. The van der Waals surface area contributed by atoms with Crippen LogP contribution >= 0.6 is 0 Å². The molecule has 4 aromatic rings. The van der Waals surface area contributed by atoms with E-state index in [1.807, 2.05) is 31.2 Å². The molecule has 41 heavy (non-hydrogen) atoms. The number of nitrogens with zero attached hydrogens (tertiary/aromatic N) is 4. The topological polar surface area (TPSA) is 82.8 Å². The van der Waals surface area contributed by atoms with Crippen LogP contribution in [0, 0.1) is 5.82 Å². The highest BCUT2D eigenvalue weighted by molar-refractivity contribution is 5.93. The summed E-state index contributed by atoms with van der Waals surface area (Å²) in [6, 6.07) is 17.1. The van der Waals surface area contributed by atoms with Crippen molar-refractivity contribution in [2.24, 2.45) is 0 Å². The van der Waals surface area contributed by atoms with E-state index in [0.29, 0.717) is 61.0 Å². The van der Waals surface area contributed by atoms with Crippen LogP contribution in [0.5, 0.6) is 0 Å². The molecule has 0 radical (unpaired) electrons. The molecule has 2 N–H and O–H groups in total. The Morgan fingerprint density at radius 1 is 1.10 bits per heavy atom. The second-order valence-corrected chi connectivity index (χ2v) is 11.2. The Kier molecular flexibility index (Phi) is 7.58. The minimum absolute atomic E-state index is 0.223. The standard InChI is InChI=1S/C33H36FN5O2/c1-3-21(2)26-7-5-4-6-22(26)12-15-35-33(41)30-19-31(23-8-9-23)39-32(36-30)20-29(37-39)27-11-10-24(18-28(27)34)38-16-13-25(40)14-17-38/h3-7,10-11,18-20,23,25,40H,8-9,12-17H2,1-2H3,(H,35,41)/b21-3-. The first-order chi connectivity index (χ1) is 19.9. The first kappa shape index (κ1) is 27.1. The molecule has 0 atom stereocenters. The number of allylic oxidation sites excluding steroid dienone is 2. The zero-order valence-corrected chi connectivity index (χ0v) is 23.6. The Hall–Kier alpha value is -4.04. The van der Waals surface area contributed by atoms with Crippen molar-refractivity contribution in [3.63, 3.8) is 0 Å². The lowest BCUT2D eigenvalue weighted by Gasteiger charge is -2.31. The van der Waals surface area contributed by atoms with Crippen LogP contribution in [0.2, 0.25) is 0 Å². The molecular weight excluding hydrogens is 517 g/mol. The van der Waals surface area contributed by atoms with E-state index < -0.39 is 0 Å². The van der Waals surface area contributed by atoms with E-state index in [2.05, 4.69) is 40.3 Å². The van der Waals surface area contributed by atoms with Gasteiger partial charge < -0.3 is 15.3 Å². The van der Waals surface area contributed by atoms with Gasteiger partial charge in [0, 0.05) is 48.6 Å². The quantitative estimate of drug-likeness (QED) is 0.290. The van der Waals surface area contributed by atoms with Crippen LogP contribution in [0.3, 0.4) is 0 Å². The molecule has 7 nitrogen and oxygen atoms in total. The molecule has 1 aliphatic heterocycles. The Morgan fingerprint density at radius 2 is 1.88 bits per heavy atom. The van der Waals surface area contributed by atoms with E-state index in [1.54, 1.807) is 22.7 Å². The Morgan fingerprint density at radius 3 is 2.61 bits per heavy atom. The van der Waals surface area contributed by atoms with Crippen molar-refractivity contribution in [1.82, 2.24) is 19.9 Å². The third kappa shape index (κ3) is 5.75. The molecule has 6 rings (SSSR count). The number of aliphatic hydroxyl groups excluding tert-OH is 1. The predicted octanol–water partition coefficient (Wildman–Crippen LogP) is 5.77. The van der Waals surface area contributed by atoms with Gasteiger partial charge in [-0.15, -0.1) is 0 Å². The normalized spacial score (nSPS) is 16.4. The number of carbonyl (C=O) groups is 1. The summed E-state index contributed by atoms with van der Waals surface area (Å²) < 4.78 is 17.1. The fraction of sp³-hybridized carbons (Fsp3) is 0.364. The molecule has 1 amide bonds. The fourth-order valence-corrected chi connectivity index (χ4v) is 5.63. The summed E-state index contributed by atoms with van der Waals surface area (Å²) in [6.45, 7) is 6.03. The number of aliphatic hydroxyl groups is 1. The van der Waals surface area contributed by atoms with Gasteiger partial charge in [0.05, 0.1) is 11.8 Å². The highest BCUT2D eigenvalue weighted by Crippen LogP contribution is 2.40. The molecule has 0 unspecified atom stereocenters. The smallest absolute Gasteiger partial charge is 0.270 e. The SMILES string of the molecule is C/C=C(/C)c1ccccc1CCNC(=O)c1cc(C2CC2)n2nc(-c3ccc(N4CCC(O)CC4)cc3F)cc2n1. The summed E-state index contributed by atoms with van der Waals surface area (Å²) in [4.78, 5) is 19.9. The monoisotopic (exact) mass is 553 g/mol. The number of hydrogen-bond donors (Lipinski definition) is 2. The summed E-state index contributed by atoms with van der Waals surface area (Å²) in [5, 5.41) is 17.6. The summed E-state index contributed by atoms with van der Waals surface area (Å²) in [5.41, 5.74) is 7.13. The number of nitrogens with one attached hydrogen (secondary N) is 1. The molecule has 0 bridgehead atoms. The molecule has 0 spiro atoms. The van der Waals surface area contributed by atoms with E-state index in [9.17, 15) is 9.90 Å². The number of carbonyl (C=O) groups excluding carboxylic acids is 1. The molecule has 1 saturated heterocycles. The van der Waals surface area contributed by atoms with E-state index in [0.717, 1.165) is 30.6 Å². The largest absolute Gasteiger partial charge is 0.393 e. The van der Waals surface area contributed by atoms with Gasteiger partial charge in [0.25, 0.3) is 5.91 Å². The molecule has 2 aromatic carbocycles. The maximum Gasteiger partial charge on any atom is 0.270 e. The maximum atomic E-state index is 15.3. The lowest BCUT2D eigenvalue weighted by atomic mass is 9.98. The number of rotatable bonds is 8. The van der Waals surface area contributed by atoms with Crippen molar-refractivity contribution in [2.75, 3.05) is 24.5 Å². The van der Waals surface area contributed by atoms with Crippen molar-refractivity contribution >= 4 is 22.8 Å². The van der Waals surface area contributed by atoms with Crippen molar-refractivity contribution in [1.29, 1.82) is 0 Å². The van der Waals surface area contributed by atoms with E-state index in [4.69, 9.17) is 5.10 Å². The summed E-state index contributed by atoms with van der Waals surface area (Å²) in [5.74, 6) is -0.256. The fourth-order valence-electron chi connectivity index (χ4n) is 5.63. The molecule has 2 aliphatic rings. The highest BCUT2D eigenvalue weighted by Gasteiger charge is 2.29. The molecule has 2 fully saturated rings. The number of benzene rings is 2. The van der Waals surface area contributed by atoms with Gasteiger partial charge in [-0.05, 0) is 86.9 Å². The molecule has 2 aromatic heterocycles. The minimum Gasteiger partial charge on any atom is -0.393 e. The number of anilines is 1. The second kappa shape index (κ2) is 11.4. The first-order valence-corrected chi connectivity index (χ1v) is 14.5. The predicted molar refractivity (Wildman–Crippen MR) is 160 cm³/mol. The number of halogens is 1. The average Bonchev–Trinajstić information content (AvgIpc) is 3.75. The van der Waals surface area contributed by atoms with Gasteiger partial charge in [-0.1, -0.05) is 30.3 Å². The van der Waals surface area contributed by atoms with Crippen LogP contribution in [-0.2, 0) is 6.42 Å². The summed E-state index contributed by atoms with van der Waals surface area (Å²) >= 11 is 0. The number of piperidine rings is 1. The molecule has 3 heterocycles. The molecule has 212 valence electrons. The summed E-state index contributed by atoms with van der Waals surface area (Å²) in [7, 11) is 0. The molecular formula is C33H36FN5O2. The molecule has 1 saturated carbocycles. The minimum atomic E-state index is -0.351. The van der Waals surface area contributed by atoms with Gasteiger partial charge in [-0.25, -0.2) is 13.9 Å². The van der Waals surface area contributed by atoms with E-state index >= 15 is 4.39 Å². The Labute approximate surface area is 239 Å². The van der Waals surface area contributed by atoms with E-state index in [-0.39, 0.29) is 17.8 Å². The molecule has 8 heteroatoms. The number of amides is 1. The van der Waals surface area contributed by atoms with Crippen LogP contribution in [-0.4, -0.2) is 51.4 Å². The van der Waals surface area contributed by atoms with Crippen molar-refractivity contribution < 1.29 is 14.3 Å².